The molecule has 0 bridgehead atoms. The summed E-state index contributed by atoms with van der Waals surface area (Å²) in [5, 5.41) is 2.96. The fourth-order valence-electron chi connectivity index (χ4n) is 2.55. The topological polar surface area (TPSA) is 52.6 Å². The SMILES string of the molecule is FC(F)(F)c1ccc(Oc2ccc3c(c2)OCO3)c(NCc2cnc(Cl)s2)c1. The van der Waals surface area contributed by atoms with Crippen LogP contribution in [0.25, 0.3) is 0 Å². The van der Waals surface area contributed by atoms with Crippen LogP contribution in [0.15, 0.2) is 42.6 Å². The van der Waals surface area contributed by atoms with Crippen LogP contribution in [-0.2, 0) is 12.7 Å². The van der Waals surface area contributed by atoms with Crippen LogP contribution in [0.1, 0.15) is 10.4 Å². The van der Waals surface area contributed by atoms with Crippen LogP contribution in [0.2, 0.25) is 4.47 Å². The Bertz CT molecular complexity index is 1010. The third kappa shape index (κ3) is 4.10. The molecule has 1 aliphatic rings. The number of benzene rings is 2. The van der Waals surface area contributed by atoms with Gasteiger partial charge in [-0.1, -0.05) is 11.6 Å². The van der Waals surface area contributed by atoms with Gasteiger partial charge in [-0.05, 0) is 30.3 Å². The Morgan fingerprint density at radius 1 is 1.14 bits per heavy atom. The minimum atomic E-state index is -4.47. The van der Waals surface area contributed by atoms with Crippen molar-refractivity contribution in [3.63, 3.8) is 0 Å². The molecule has 146 valence electrons. The van der Waals surface area contributed by atoms with Crippen molar-refractivity contribution >= 4 is 28.6 Å². The highest BCUT2D eigenvalue weighted by Crippen LogP contribution is 2.40. The molecule has 0 aliphatic carbocycles. The standard InChI is InChI=1S/C18H12ClF3N2O3S/c19-17-24-8-12(28-17)7-23-13-5-10(18(20,21)22)1-3-14(13)27-11-2-4-15-16(6-11)26-9-25-15/h1-6,8,23H,7,9H2. The Labute approximate surface area is 166 Å². The lowest BCUT2D eigenvalue weighted by Crippen LogP contribution is -2.07. The van der Waals surface area contributed by atoms with E-state index in [0.29, 0.717) is 21.7 Å². The van der Waals surface area contributed by atoms with Gasteiger partial charge in [-0.3, -0.25) is 0 Å². The normalized spacial score (nSPS) is 12.9. The van der Waals surface area contributed by atoms with Gasteiger partial charge in [-0.25, -0.2) is 4.98 Å². The predicted octanol–water partition coefficient (Wildman–Crippen LogP) is 5.95. The van der Waals surface area contributed by atoms with Gasteiger partial charge < -0.3 is 19.5 Å². The van der Waals surface area contributed by atoms with Crippen LogP contribution in [0.5, 0.6) is 23.0 Å². The number of aromatic nitrogens is 1. The van der Waals surface area contributed by atoms with E-state index >= 15 is 0 Å². The molecule has 0 atom stereocenters. The number of fused-ring (bicyclic) bond motifs is 1. The van der Waals surface area contributed by atoms with Crippen molar-refractivity contribution in [2.45, 2.75) is 12.7 Å². The molecule has 0 amide bonds. The molecule has 1 aromatic heterocycles. The van der Waals surface area contributed by atoms with Crippen LogP contribution in [0.4, 0.5) is 18.9 Å². The highest BCUT2D eigenvalue weighted by molar-refractivity contribution is 7.15. The summed E-state index contributed by atoms with van der Waals surface area (Å²) in [5.74, 6) is 1.74. The van der Waals surface area contributed by atoms with Crippen molar-refractivity contribution in [2.24, 2.45) is 0 Å². The smallest absolute Gasteiger partial charge is 0.416 e. The Kier molecular flexibility index (Phi) is 4.94. The van der Waals surface area contributed by atoms with Crippen molar-refractivity contribution in [1.82, 2.24) is 4.98 Å². The van der Waals surface area contributed by atoms with Crippen molar-refractivity contribution in [2.75, 3.05) is 12.1 Å². The van der Waals surface area contributed by atoms with Gasteiger partial charge in [0.2, 0.25) is 6.79 Å². The van der Waals surface area contributed by atoms with E-state index in [1.54, 1.807) is 24.4 Å². The Hall–Kier alpha value is -2.65. The molecule has 0 spiro atoms. The van der Waals surface area contributed by atoms with Gasteiger partial charge in [-0.15, -0.1) is 11.3 Å². The highest BCUT2D eigenvalue weighted by Gasteiger charge is 2.31. The first-order valence-corrected chi connectivity index (χ1v) is 9.21. The zero-order valence-electron chi connectivity index (χ0n) is 14.0. The molecular weight excluding hydrogens is 417 g/mol. The second kappa shape index (κ2) is 7.40. The number of nitrogens with zero attached hydrogens (tertiary/aromatic N) is 1. The lowest BCUT2D eigenvalue weighted by molar-refractivity contribution is -0.137. The molecule has 1 N–H and O–H groups in total. The van der Waals surface area contributed by atoms with Crippen LogP contribution in [-0.4, -0.2) is 11.8 Å². The fraction of sp³-hybridized carbons (Fsp3) is 0.167. The number of halogens is 4. The summed E-state index contributed by atoms with van der Waals surface area (Å²) >= 11 is 7.03. The molecule has 10 heteroatoms. The number of anilines is 1. The van der Waals surface area contributed by atoms with E-state index in [2.05, 4.69) is 10.3 Å². The van der Waals surface area contributed by atoms with Gasteiger partial charge in [0.25, 0.3) is 0 Å². The Balaban J connectivity index is 1.61. The van der Waals surface area contributed by atoms with E-state index < -0.39 is 11.7 Å². The van der Waals surface area contributed by atoms with E-state index in [4.69, 9.17) is 25.8 Å². The molecule has 0 fully saturated rings. The average molecular weight is 429 g/mol. The molecule has 3 aromatic rings. The van der Waals surface area contributed by atoms with Crippen molar-refractivity contribution in [1.29, 1.82) is 0 Å². The van der Waals surface area contributed by atoms with Crippen LogP contribution < -0.4 is 19.5 Å². The molecule has 28 heavy (non-hydrogen) atoms. The average Bonchev–Trinajstić information content (AvgIpc) is 3.28. The number of thiazole rings is 1. The zero-order chi connectivity index (χ0) is 19.7. The monoisotopic (exact) mass is 428 g/mol. The zero-order valence-corrected chi connectivity index (χ0v) is 15.6. The maximum absolute atomic E-state index is 13.1. The largest absolute Gasteiger partial charge is 0.455 e. The summed E-state index contributed by atoms with van der Waals surface area (Å²) in [6, 6.07) is 8.19. The minimum absolute atomic E-state index is 0.114. The summed E-state index contributed by atoms with van der Waals surface area (Å²) < 4.78 is 56.0. The van der Waals surface area contributed by atoms with Crippen molar-refractivity contribution in [3.05, 3.63) is 57.5 Å². The lowest BCUT2D eigenvalue weighted by atomic mass is 10.1. The van der Waals surface area contributed by atoms with E-state index in [-0.39, 0.29) is 24.8 Å². The molecule has 5 nitrogen and oxygen atoms in total. The van der Waals surface area contributed by atoms with E-state index in [1.165, 1.54) is 17.4 Å². The van der Waals surface area contributed by atoms with Crippen molar-refractivity contribution in [3.8, 4) is 23.0 Å². The molecule has 0 saturated heterocycles. The number of rotatable bonds is 5. The van der Waals surface area contributed by atoms with Crippen LogP contribution in [0, 0.1) is 0 Å². The number of nitrogens with one attached hydrogen (secondary N) is 1. The van der Waals surface area contributed by atoms with E-state index in [1.807, 2.05) is 0 Å². The summed E-state index contributed by atoms with van der Waals surface area (Å²) in [5.41, 5.74) is -0.590. The first-order valence-electron chi connectivity index (χ1n) is 8.01. The maximum atomic E-state index is 13.1. The quantitative estimate of drug-likeness (QED) is 0.544. The van der Waals surface area contributed by atoms with Gasteiger partial charge in [0.15, 0.2) is 21.7 Å². The predicted molar refractivity (Wildman–Crippen MR) is 98.5 cm³/mol. The number of hydrogen-bond acceptors (Lipinski definition) is 6. The van der Waals surface area contributed by atoms with Gasteiger partial charge in [0.05, 0.1) is 17.8 Å². The Morgan fingerprint density at radius 2 is 1.96 bits per heavy atom. The maximum Gasteiger partial charge on any atom is 0.416 e. The fourth-order valence-corrected chi connectivity index (χ4v) is 3.47. The summed E-state index contributed by atoms with van der Waals surface area (Å²) in [4.78, 5) is 4.69. The Morgan fingerprint density at radius 3 is 2.71 bits per heavy atom. The second-order valence-corrected chi connectivity index (χ2v) is 7.46. The summed E-state index contributed by atoms with van der Waals surface area (Å²) in [7, 11) is 0. The minimum Gasteiger partial charge on any atom is -0.455 e. The molecule has 2 aromatic carbocycles. The second-order valence-electron chi connectivity index (χ2n) is 5.76. The van der Waals surface area contributed by atoms with Crippen LogP contribution >= 0.6 is 22.9 Å². The summed E-state index contributed by atoms with van der Waals surface area (Å²) in [6.07, 6.45) is -2.91. The number of hydrogen-bond donors (Lipinski definition) is 1. The first kappa shape index (κ1) is 18.7. The first-order chi connectivity index (χ1) is 13.4. The van der Waals surface area contributed by atoms with Gasteiger partial charge in [-0.2, -0.15) is 13.2 Å². The molecule has 4 rings (SSSR count). The molecule has 1 aliphatic heterocycles. The summed E-state index contributed by atoms with van der Waals surface area (Å²) in [6.45, 7) is 0.368. The van der Waals surface area contributed by atoms with Crippen molar-refractivity contribution < 1.29 is 27.4 Å². The molecule has 0 radical (unpaired) electrons. The number of alkyl halides is 3. The number of ether oxygens (including phenoxy) is 3. The third-order valence-electron chi connectivity index (χ3n) is 3.86. The third-order valence-corrected chi connectivity index (χ3v) is 4.97. The molecule has 0 saturated carbocycles. The lowest BCUT2D eigenvalue weighted by Gasteiger charge is -2.15. The van der Waals surface area contributed by atoms with E-state index in [0.717, 1.165) is 17.0 Å². The van der Waals surface area contributed by atoms with Gasteiger partial charge >= 0.3 is 6.18 Å². The van der Waals surface area contributed by atoms with Crippen LogP contribution in [0.3, 0.4) is 0 Å². The van der Waals surface area contributed by atoms with Gasteiger partial charge in [0.1, 0.15) is 5.75 Å². The highest BCUT2D eigenvalue weighted by atomic mass is 35.5. The van der Waals surface area contributed by atoms with E-state index in [9.17, 15) is 13.2 Å². The molecule has 2 heterocycles. The molecular formula is C18H12ClF3N2O3S. The van der Waals surface area contributed by atoms with Gasteiger partial charge in [0, 0.05) is 17.1 Å². The molecule has 0 unspecified atom stereocenters.